The van der Waals surface area contributed by atoms with Crippen molar-refractivity contribution in [2.24, 2.45) is 5.14 Å². The fourth-order valence-corrected chi connectivity index (χ4v) is 3.32. The van der Waals surface area contributed by atoms with Crippen molar-refractivity contribution in [3.8, 4) is 0 Å². The molecule has 118 valence electrons. The maximum absolute atomic E-state index is 13.2. The van der Waals surface area contributed by atoms with Gasteiger partial charge in [-0.05, 0) is 30.7 Å². The first-order chi connectivity index (χ1) is 10.2. The minimum atomic E-state index is -3.86. The van der Waals surface area contributed by atoms with E-state index in [1.807, 2.05) is 0 Å². The Bertz CT molecular complexity index is 818. The molecule has 0 bridgehead atoms. The first-order valence-corrected chi connectivity index (χ1v) is 8.48. The number of rotatable bonds is 4. The molecule has 22 heavy (non-hydrogen) atoms. The second kappa shape index (κ2) is 6.11. The predicted octanol–water partition coefficient (Wildman–Crippen LogP) is 2.16. The molecular formula is C13H12F2N2O3S2. The molecule has 1 aromatic carbocycles. The van der Waals surface area contributed by atoms with E-state index in [9.17, 15) is 22.0 Å². The van der Waals surface area contributed by atoms with E-state index in [2.05, 4.69) is 5.32 Å². The number of amides is 1. The van der Waals surface area contributed by atoms with Gasteiger partial charge >= 0.3 is 0 Å². The molecule has 0 spiro atoms. The third-order valence-electron chi connectivity index (χ3n) is 2.91. The Labute approximate surface area is 129 Å². The molecule has 0 aliphatic rings. The van der Waals surface area contributed by atoms with Gasteiger partial charge in [0.15, 0.2) is 11.6 Å². The van der Waals surface area contributed by atoms with Gasteiger partial charge in [-0.2, -0.15) is 0 Å². The maximum Gasteiger partial charge on any atom is 0.252 e. The second-order valence-electron chi connectivity index (χ2n) is 4.57. The van der Waals surface area contributed by atoms with E-state index in [0.717, 1.165) is 29.5 Å². The second-order valence-corrected chi connectivity index (χ2v) is 7.27. The van der Waals surface area contributed by atoms with Gasteiger partial charge in [0.2, 0.25) is 10.0 Å². The Kier molecular flexibility index (Phi) is 4.59. The van der Waals surface area contributed by atoms with Crippen molar-refractivity contribution in [3.63, 3.8) is 0 Å². The van der Waals surface area contributed by atoms with Crippen LogP contribution in [0.4, 0.5) is 8.78 Å². The fourth-order valence-electron chi connectivity index (χ4n) is 1.73. The van der Waals surface area contributed by atoms with Crippen LogP contribution in [0.15, 0.2) is 33.9 Å². The molecule has 2 rings (SSSR count). The summed E-state index contributed by atoms with van der Waals surface area (Å²) in [7, 11) is -3.86. The Hall–Kier alpha value is -1.84. The van der Waals surface area contributed by atoms with E-state index >= 15 is 0 Å². The molecule has 0 saturated heterocycles. The van der Waals surface area contributed by atoms with Gasteiger partial charge in [0, 0.05) is 5.38 Å². The molecule has 9 heteroatoms. The number of carbonyl (C=O) groups excluding carboxylic acids is 1. The maximum atomic E-state index is 13.2. The standard InChI is InChI=1S/C13H12F2N2O3S2/c1-7(8-2-3-10(14)11(15)4-8)17-13(18)9-5-12(21-6-9)22(16,19)20/h2-7H,1H3,(H,17,18)(H2,16,19,20). The van der Waals surface area contributed by atoms with Crippen LogP contribution in [0.3, 0.4) is 0 Å². The lowest BCUT2D eigenvalue weighted by Gasteiger charge is -2.14. The minimum Gasteiger partial charge on any atom is -0.345 e. The average molecular weight is 346 g/mol. The highest BCUT2D eigenvalue weighted by Crippen LogP contribution is 2.20. The van der Waals surface area contributed by atoms with E-state index in [-0.39, 0.29) is 9.77 Å². The molecular weight excluding hydrogens is 334 g/mol. The van der Waals surface area contributed by atoms with E-state index < -0.39 is 33.6 Å². The lowest BCUT2D eigenvalue weighted by Crippen LogP contribution is -2.26. The zero-order chi connectivity index (χ0) is 16.5. The van der Waals surface area contributed by atoms with Crippen molar-refractivity contribution >= 4 is 27.3 Å². The molecule has 3 N–H and O–H groups in total. The molecule has 0 fully saturated rings. The summed E-state index contributed by atoms with van der Waals surface area (Å²) in [5.74, 6) is -2.52. The largest absolute Gasteiger partial charge is 0.345 e. The van der Waals surface area contributed by atoms with Crippen LogP contribution in [0.5, 0.6) is 0 Å². The number of nitrogens with one attached hydrogen (secondary N) is 1. The number of hydrogen-bond acceptors (Lipinski definition) is 4. The fraction of sp³-hybridized carbons (Fsp3) is 0.154. The summed E-state index contributed by atoms with van der Waals surface area (Å²) >= 11 is 0.829. The summed E-state index contributed by atoms with van der Waals surface area (Å²) in [4.78, 5) is 12.0. The van der Waals surface area contributed by atoms with Gasteiger partial charge in [-0.15, -0.1) is 11.3 Å². The summed E-state index contributed by atoms with van der Waals surface area (Å²) in [5, 5.41) is 8.89. The van der Waals surface area contributed by atoms with Crippen LogP contribution >= 0.6 is 11.3 Å². The molecule has 1 atom stereocenters. The average Bonchev–Trinajstić information content (AvgIpc) is 2.91. The first-order valence-electron chi connectivity index (χ1n) is 6.05. The molecule has 1 aromatic heterocycles. The predicted molar refractivity (Wildman–Crippen MR) is 77.9 cm³/mol. The number of primary sulfonamides is 1. The van der Waals surface area contributed by atoms with E-state index in [1.165, 1.54) is 11.4 Å². The molecule has 0 radical (unpaired) electrons. The van der Waals surface area contributed by atoms with E-state index in [0.29, 0.717) is 5.56 Å². The number of halogens is 2. The molecule has 0 saturated carbocycles. The SMILES string of the molecule is CC(NC(=O)c1csc(S(N)(=O)=O)c1)c1ccc(F)c(F)c1. The van der Waals surface area contributed by atoms with Gasteiger partial charge in [0.05, 0.1) is 11.6 Å². The van der Waals surface area contributed by atoms with Gasteiger partial charge in [-0.25, -0.2) is 22.3 Å². The molecule has 5 nitrogen and oxygen atoms in total. The third-order valence-corrected chi connectivity index (χ3v) is 5.30. The zero-order valence-electron chi connectivity index (χ0n) is 11.3. The summed E-state index contributed by atoms with van der Waals surface area (Å²) < 4.78 is 48.2. The molecule has 1 heterocycles. The monoisotopic (exact) mass is 346 g/mol. The van der Waals surface area contributed by atoms with Crippen molar-refractivity contribution < 1.29 is 22.0 Å². The molecule has 1 unspecified atom stereocenters. The molecule has 0 aliphatic carbocycles. The zero-order valence-corrected chi connectivity index (χ0v) is 13.0. The quantitative estimate of drug-likeness (QED) is 0.889. The number of carbonyl (C=O) groups is 1. The molecule has 1 amide bonds. The van der Waals surface area contributed by atoms with Gasteiger partial charge < -0.3 is 5.32 Å². The first kappa shape index (κ1) is 16.5. The van der Waals surface area contributed by atoms with Gasteiger partial charge in [-0.1, -0.05) is 6.07 Å². The number of benzene rings is 1. The highest BCUT2D eigenvalue weighted by atomic mass is 32.2. The summed E-state index contributed by atoms with van der Waals surface area (Å²) in [5.41, 5.74) is 0.512. The summed E-state index contributed by atoms with van der Waals surface area (Å²) in [6, 6.07) is 3.89. The highest BCUT2D eigenvalue weighted by molar-refractivity contribution is 7.91. The van der Waals surface area contributed by atoms with Crippen LogP contribution in [0.1, 0.15) is 28.9 Å². The van der Waals surface area contributed by atoms with E-state index in [1.54, 1.807) is 6.92 Å². The lowest BCUT2D eigenvalue weighted by molar-refractivity contribution is 0.0940. The smallest absolute Gasteiger partial charge is 0.252 e. The van der Waals surface area contributed by atoms with E-state index in [4.69, 9.17) is 5.14 Å². The van der Waals surface area contributed by atoms with Crippen LogP contribution in [0.2, 0.25) is 0 Å². The van der Waals surface area contributed by atoms with Crippen molar-refractivity contribution in [2.75, 3.05) is 0 Å². The normalized spacial score (nSPS) is 12.9. The number of sulfonamides is 1. The van der Waals surface area contributed by atoms with Crippen LogP contribution in [-0.2, 0) is 10.0 Å². The minimum absolute atomic E-state index is 0.127. The van der Waals surface area contributed by atoms with Crippen LogP contribution in [0, 0.1) is 11.6 Å². The Balaban J connectivity index is 2.14. The Morgan fingerprint density at radius 1 is 1.27 bits per heavy atom. The Morgan fingerprint density at radius 3 is 2.50 bits per heavy atom. The lowest BCUT2D eigenvalue weighted by atomic mass is 10.1. The van der Waals surface area contributed by atoms with Gasteiger partial charge in [0.25, 0.3) is 5.91 Å². The topological polar surface area (TPSA) is 89.3 Å². The number of hydrogen-bond donors (Lipinski definition) is 2. The van der Waals surface area contributed by atoms with Crippen molar-refractivity contribution in [1.82, 2.24) is 5.32 Å². The summed E-state index contributed by atoms with van der Waals surface area (Å²) in [6.07, 6.45) is 0. The summed E-state index contributed by atoms with van der Waals surface area (Å²) in [6.45, 7) is 1.59. The number of thiophene rings is 1. The molecule has 2 aromatic rings. The van der Waals surface area contributed by atoms with Crippen molar-refractivity contribution in [2.45, 2.75) is 17.2 Å². The highest BCUT2D eigenvalue weighted by Gasteiger charge is 2.17. The van der Waals surface area contributed by atoms with Gasteiger partial charge in [-0.3, -0.25) is 4.79 Å². The van der Waals surface area contributed by atoms with Crippen LogP contribution < -0.4 is 10.5 Å². The molecule has 0 aliphatic heterocycles. The van der Waals surface area contributed by atoms with Gasteiger partial charge in [0.1, 0.15) is 4.21 Å². The van der Waals surface area contributed by atoms with Crippen LogP contribution in [-0.4, -0.2) is 14.3 Å². The van der Waals surface area contributed by atoms with Crippen molar-refractivity contribution in [3.05, 3.63) is 52.4 Å². The van der Waals surface area contributed by atoms with Crippen molar-refractivity contribution in [1.29, 1.82) is 0 Å². The number of nitrogens with two attached hydrogens (primary N) is 1. The Morgan fingerprint density at radius 2 is 1.95 bits per heavy atom. The van der Waals surface area contributed by atoms with Crippen LogP contribution in [0.25, 0.3) is 0 Å². The third kappa shape index (κ3) is 3.67.